The van der Waals surface area contributed by atoms with Crippen molar-refractivity contribution in [3.05, 3.63) is 42.0 Å². The Morgan fingerprint density at radius 3 is 2.75 bits per heavy atom. The normalized spacial score (nSPS) is 11.0. The molecule has 0 aliphatic heterocycles. The van der Waals surface area contributed by atoms with Crippen molar-refractivity contribution in [1.82, 2.24) is 4.98 Å². The zero-order chi connectivity index (χ0) is 17.3. The SMILES string of the molecule is COc1ccc2oc(-c3cccc(NC(=O)C(C)C)c3C)nc2c1. The molecule has 24 heavy (non-hydrogen) atoms. The van der Waals surface area contributed by atoms with Gasteiger partial charge < -0.3 is 14.5 Å². The largest absolute Gasteiger partial charge is 0.497 e. The molecule has 0 aliphatic rings. The maximum atomic E-state index is 12.0. The van der Waals surface area contributed by atoms with Crippen LogP contribution in [0.1, 0.15) is 19.4 Å². The van der Waals surface area contributed by atoms with Gasteiger partial charge in [0.15, 0.2) is 5.58 Å². The van der Waals surface area contributed by atoms with Crippen LogP contribution in [0.2, 0.25) is 0 Å². The van der Waals surface area contributed by atoms with Crippen LogP contribution >= 0.6 is 0 Å². The minimum Gasteiger partial charge on any atom is -0.497 e. The van der Waals surface area contributed by atoms with E-state index < -0.39 is 0 Å². The quantitative estimate of drug-likeness (QED) is 0.772. The molecule has 1 amide bonds. The lowest BCUT2D eigenvalue weighted by Crippen LogP contribution is -2.18. The van der Waals surface area contributed by atoms with E-state index in [1.165, 1.54) is 0 Å². The molecule has 5 heteroatoms. The number of nitrogens with one attached hydrogen (secondary N) is 1. The molecule has 0 saturated heterocycles. The number of hydrogen-bond donors (Lipinski definition) is 1. The number of amides is 1. The van der Waals surface area contributed by atoms with Crippen LogP contribution in [0.5, 0.6) is 5.75 Å². The molecule has 3 rings (SSSR count). The number of fused-ring (bicyclic) bond motifs is 1. The van der Waals surface area contributed by atoms with Crippen molar-refractivity contribution < 1.29 is 13.9 Å². The zero-order valence-electron chi connectivity index (χ0n) is 14.2. The van der Waals surface area contributed by atoms with Gasteiger partial charge in [0, 0.05) is 23.2 Å². The minimum atomic E-state index is -0.0788. The molecule has 0 atom stereocenters. The maximum Gasteiger partial charge on any atom is 0.227 e. The second-order valence-electron chi connectivity index (χ2n) is 5.97. The Morgan fingerprint density at radius 1 is 1.25 bits per heavy atom. The number of anilines is 1. The number of oxazole rings is 1. The Balaban J connectivity index is 2.01. The monoisotopic (exact) mass is 324 g/mol. The smallest absolute Gasteiger partial charge is 0.227 e. The Bertz CT molecular complexity index is 897. The highest BCUT2D eigenvalue weighted by Crippen LogP contribution is 2.31. The molecule has 2 aromatic carbocycles. The number of carbonyl (C=O) groups is 1. The molecule has 0 fully saturated rings. The van der Waals surface area contributed by atoms with Gasteiger partial charge in [-0.25, -0.2) is 4.98 Å². The van der Waals surface area contributed by atoms with Crippen LogP contribution in [0.3, 0.4) is 0 Å². The standard InChI is InChI=1S/C19H20N2O3/c1-11(2)18(22)20-15-7-5-6-14(12(15)3)19-21-16-10-13(23-4)8-9-17(16)24-19/h5-11H,1-4H3,(H,20,22). The van der Waals surface area contributed by atoms with E-state index in [4.69, 9.17) is 9.15 Å². The molecule has 1 N–H and O–H groups in total. The summed E-state index contributed by atoms with van der Waals surface area (Å²) in [6, 6.07) is 11.2. The Kier molecular flexibility index (Phi) is 4.25. The van der Waals surface area contributed by atoms with Gasteiger partial charge in [-0.05, 0) is 36.8 Å². The molecule has 3 aromatic rings. The molecular formula is C19H20N2O3. The number of carbonyl (C=O) groups excluding carboxylic acids is 1. The van der Waals surface area contributed by atoms with Crippen molar-refractivity contribution in [2.45, 2.75) is 20.8 Å². The van der Waals surface area contributed by atoms with E-state index in [9.17, 15) is 4.79 Å². The average Bonchev–Trinajstić information content (AvgIpc) is 2.99. The highest BCUT2D eigenvalue weighted by atomic mass is 16.5. The van der Waals surface area contributed by atoms with Gasteiger partial charge in [0.25, 0.3) is 0 Å². The van der Waals surface area contributed by atoms with E-state index in [0.717, 1.165) is 28.1 Å². The molecule has 0 spiro atoms. The summed E-state index contributed by atoms with van der Waals surface area (Å²) in [7, 11) is 1.62. The first-order chi connectivity index (χ1) is 11.5. The fourth-order valence-corrected chi connectivity index (χ4v) is 2.43. The van der Waals surface area contributed by atoms with Gasteiger partial charge in [-0.3, -0.25) is 4.79 Å². The second kappa shape index (κ2) is 6.35. The Labute approximate surface area is 140 Å². The summed E-state index contributed by atoms with van der Waals surface area (Å²) in [5.41, 5.74) is 3.98. The summed E-state index contributed by atoms with van der Waals surface area (Å²) in [5.74, 6) is 1.16. The van der Waals surface area contributed by atoms with Crippen LogP contribution in [0.4, 0.5) is 5.69 Å². The van der Waals surface area contributed by atoms with E-state index in [0.29, 0.717) is 11.5 Å². The van der Waals surface area contributed by atoms with Crippen LogP contribution < -0.4 is 10.1 Å². The third kappa shape index (κ3) is 2.97. The van der Waals surface area contributed by atoms with Gasteiger partial charge in [0.1, 0.15) is 11.3 Å². The molecule has 0 unspecified atom stereocenters. The van der Waals surface area contributed by atoms with Crippen molar-refractivity contribution in [2.24, 2.45) is 5.92 Å². The highest BCUT2D eigenvalue weighted by Gasteiger charge is 2.15. The molecular weight excluding hydrogens is 304 g/mol. The van der Waals surface area contributed by atoms with E-state index >= 15 is 0 Å². The number of hydrogen-bond acceptors (Lipinski definition) is 4. The molecule has 1 heterocycles. The first-order valence-electron chi connectivity index (χ1n) is 7.85. The summed E-state index contributed by atoms with van der Waals surface area (Å²) in [5, 5.41) is 2.94. The van der Waals surface area contributed by atoms with Gasteiger partial charge in [-0.1, -0.05) is 19.9 Å². The second-order valence-corrected chi connectivity index (χ2v) is 5.97. The van der Waals surface area contributed by atoms with Gasteiger partial charge in [0.2, 0.25) is 11.8 Å². The van der Waals surface area contributed by atoms with Gasteiger partial charge in [0.05, 0.1) is 7.11 Å². The topological polar surface area (TPSA) is 64.4 Å². The highest BCUT2D eigenvalue weighted by molar-refractivity contribution is 5.94. The maximum absolute atomic E-state index is 12.0. The average molecular weight is 324 g/mol. The third-order valence-electron chi connectivity index (χ3n) is 3.94. The number of methoxy groups -OCH3 is 1. The van der Waals surface area contributed by atoms with Crippen LogP contribution in [-0.4, -0.2) is 18.0 Å². The fraction of sp³-hybridized carbons (Fsp3) is 0.263. The number of nitrogens with zero attached hydrogens (tertiary/aromatic N) is 1. The molecule has 0 aliphatic carbocycles. The van der Waals surface area contributed by atoms with E-state index in [2.05, 4.69) is 10.3 Å². The van der Waals surface area contributed by atoms with Crippen molar-refractivity contribution in [2.75, 3.05) is 12.4 Å². The molecule has 0 saturated carbocycles. The predicted octanol–water partition coefficient (Wildman–Crippen LogP) is 4.41. The van der Waals surface area contributed by atoms with Crippen molar-refractivity contribution in [3.8, 4) is 17.2 Å². The molecule has 124 valence electrons. The molecule has 0 bridgehead atoms. The summed E-state index contributed by atoms with van der Waals surface area (Å²) in [4.78, 5) is 16.5. The minimum absolute atomic E-state index is 0.0162. The van der Waals surface area contributed by atoms with Crippen molar-refractivity contribution >= 4 is 22.7 Å². The lowest BCUT2D eigenvalue weighted by Gasteiger charge is -2.12. The van der Waals surface area contributed by atoms with Crippen molar-refractivity contribution in [3.63, 3.8) is 0 Å². The zero-order valence-corrected chi connectivity index (χ0v) is 14.2. The molecule has 1 aromatic heterocycles. The summed E-state index contributed by atoms with van der Waals surface area (Å²) >= 11 is 0. The first-order valence-corrected chi connectivity index (χ1v) is 7.85. The number of aromatic nitrogens is 1. The van der Waals surface area contributed by atoms with Crippen molar-refractivity contribution in [1.29, 1.82) is 0 Å². The summed E-state index contributed by atoms with van der Waals surface area (Å²) < 4.78 is 11.1. The Hall–Kier alpha value is -2.82. The van der Waals surface area contributed by atoms with E-state index in [1.807, 2.05) is 57.2 Å². The van der Waals surface area contributed by atoms with Gasteiger partial charge in [-0.2, -0.15) is 0 Å². The molecule has 0 radical (unpaired) electrons. The number of benzene rings is 2. The summed E-state index contributed by atoms with van der Waals surface area (Å²) in [6.07, 6.45) is 0. The van der Waals surface area contributed by atoms with Crippen LogP contribution in [-0.2, 0) is 4.79 Å². The van der Waals surface area contributed by atoms with E-state index in [-0.39, 0.29) is 11.8 Å². The molecule has 5 nitrogen and oxygen atoms in total. The van der Waals surface area contributed by atoms with Gasteiger partial charge in [-0.15, -0.1) is 0 Å². The number of rotatable bonds is 4. The lowest BCUT2D eigenvalue weighted by atomic mass is 10.1. The summed E-state index contributed by atoms with van der Waals surface area (Å²) in [6.45, 7) is 5.67. The number of ether oxygens (including phenoxy) is 1. The lowest BCUT2D eigenvalue weighted by molar-refractivity contribution is -0.118. The van der Waals surface area contributed by atoms with Crippen LogP contribution in [0.25, 0.3) is 22.6 Å². The fourth-order valence-electron chi connectivity index (χ4n) is 2.43. The third-order valence-corrected chi connectivity index (χ3v) is 3.94. The Morgan fingerprint density at radius 2 is 2.04 bits per heavy atom. The predicted molar refractivity (Wildman–Crippen MR) is 94.2 cm³/mol. The first kappa shape index (κ1) is 16.1. The van der Waals surface area contributed by atoms with E-state index in [1.54, 1.807) is 7.11 Å². The van der Waals surface area contributed by atoms with Crippen LogP contribution in [0, 0.1) is 12.8 Å². The van der Waals surface area contributed by atoms with Crippen LogP contribution in [0.15, 0.2) is 40.8 Å². The van der Waals surface area contributed by atoms with Gasteiger partial charge >= 0.3 is 0 Å².